The number of rotatable bonds is 5. The molecule has 23 heavy (non-hydrogen) atoms. The van der Waals surface area contributed by atoms with Gasteiger partial charge in [0.15, 0.2) is 0 Å². The number of nitrogens with one attached hydrogen (secondary N) is 2. The van der Waals surface area contributed by atoms with Crippen LogP contribution in [0.25, 0.3) is 6.08 Å². The Balaban J connectivity index is 1.93. The Labute approximate surface area is 140 Å². The summed E-state index contributed by atoms with van der Waals surface area (Å²) < 4.78 is 0. The van der Waals surface area contributed by atoms with E-state index in [-0.39, 0.29) is 11.8 Å². The van der Waals surface area contributed by atoms with Crippen LogP contribution in [0.2, 0.25) is 0 Å². The Kier molecular flexibility index (Phi) is 6.00. The number of anilines is 2. The van der Waals surface area contributed by atoms with Crippen molar-refractivity contribution in [3.63, 3.8) is 0 Å². The smallest absolute Gasteiger partial charge is 0.248 e. The predicted molar refractivity (Wildman–Crippen MR) is 96.6 cm³/mol. The molecule has 0 radical (unpaired) electrons. The van der Waals surface area contributed by atoms with Crippen LogP contribution in [-0.2, 0) is 9.59 Å². The largest absolute Gasteiger partial charge is 0.326 e. The molecule has 0 saturated heterocycles. The first-order valence-corrected chi connectivity index (χ1v) is 8.30. The van der Waals surface area contributed by atoms with Crippen LogP contribution in [-0.4, -0.2) is 18.1 Å². The highest BCUT2D eigenvalue weighted by atomic mass is 32.2. The van der Waals surface area contributed by atoms with Crippen LogP contribution in [0.5, 0.6) is 0 Å². The second-order valence-electron chi connectivity index (χ2n) is 4.85. The van der Waals surface area contributed by atoms with Crippen LogP contribution < -0.4 is 10.6 Å². The van der Waals surface area contributed by atoms with Gasteiger partial charge in [-0.15, -0.1) is 11.8 Å². The van der Waals surface area contributed by atoms with Gasteiger partial charge in [0, 0.05) is 29.3 Å². The van der Waals surface area contributed by atoms with E-state index in [1.165, 1.54) is 13.0 Å². The molecule has 2 amide bonds. The number of hydrogen-bond acceptors (Lipinski definition) is 3. The second kappa shape index (κ2) is 8.19. The molecule has 4 nitrogen and oxygen atoms in total. The second-order valence-corrected chi connectivity index (χ2v) is 5.73. The minimum absolute atomic E-state index is 0.111. The van der Waals surface area contributed by atoms with Crippen molar-refractivity contribution >= 4 is 41.0 Å². The normalized spacial score (nSPS) is 10.5. The van der Waals surface area contributed by atoms with Crippen LogP contribution in [0.4, 0.5) is 11.4 Å². The lowest BCUT2D eigenvalue weighted by molar-refractivity contribution is -0.114. The molecule has 0 saturated carbocycles. The van der Waals surface area contributed by atoms with Crippen molar-refractivity contribution in [2.24, 2.45) is 0 Å². The maximum atomic E-state index is 11.9. The molecule has 0 aliphatic carbocycles. The Morgan fingerprint density at radius 1 is 0.913 bits per heavy atom. The van der Waals surface area contributed by atoms with Gasteiger partial charge in [-0.1, -0.05) is 12.1 Å². The van der Waals surface area contributed by atoms with Crippen molar-refractivity contribution in [3.05, 3.63) is 60.2 Å². The molecule has 0 aromatic heterocycles. The van der Waals surface area contributed by atoms with Crippen LogP contribution in [0.15, 0.2) is 59.5 Å². The van der Waals surface area contributed by atoms with Crippen molar-refractivity contribution in [1.29, 1.82) is 0 Å². The molecule has 0 unspecified atom stereocenters. The average Bonchev–Trinajstić information content (AvgIpc) is 2.54. The fourth-order valence-electron chi connectivity index (χ4n) is 1.91. The molecular weight excluding hydrogens is 308 g/mol. The fraction of sp³-hybridized carbons (Fsp3) is 0.111. The van der Waals surface area contributed by atoms with E-state index >= 15 is 0 Å². The molecule has 0 heterocycles. The van der Waals surface area contributed by atoms with Gasteiger partial charge in [0.25, 0.3) is 0 Å². The van der Waals surface area contributed by atoms with E-state index in [1.807, 2.05) is 42.7 Å². The van der Waals surface area contributed by atoms with Crippen LogP contribution >= 0.6 is 11.8 Å². The molecule has 0 atom stereocenters. The standard InChI is InChI=1S/C18H18N2O2S/c1-13(21)19-15-6-3-14(4-7-15)5-12-18(22)20-16-8-10-17(23-2)11-9-16/h3-12H,1-2H3,(H,19,21)(H,20,22)/b12-5+. The van der Waals surface area contributed by atoms with E-state index in [1.54, 1.807) is 30.0 Å². The lowest BCUT2D eigenvalue weighted by Gasteiger charge is -2.03. The van der Waals surface area contributed by atoms with Crippen LogP contribution in [0.3, 0.4) is 0 Å². The average molecular weight is 326 g/mol. The number of amides is 2. The van der Waals surface area contributed by atoms with Crippen LogP contribution in [0.1, 0.15) is 12.5 Å². The summed E-state index contributed by atoms with van der Waals surface area (Å²) in [6.45, 7) is 1.46. The summed E-state index contributed by atoms with van der Waals surface area (Å²) in [7, 11) is 0. The zero-order valence-corrected chi connectivity index (χ0v) is 13.8. The highest BCUT2D eigenvalue weighted by Crippen LogP contribution is 2.17. The quantitative estimate of drug-likeness (QED) is 0.644. The van der Waals surface area contributed by atoms with E-state index in [0.29, 0.717) is 0 Å². The molecule has 0 aliphatic heterocycles. The predicted octanol–water partition coefficient (Wildman–Crippen LogP) is 4.02. The Morgan fingerprint density at radius 3 is 2.04 bits per heavy atom. The van der Waals surface area contributed by atoms with Crippen molar-refractivity contribution in [2.75, 3.05) is 16.9 Å². The first-order valence-electron chi connectivity index (χ1n) is 7.07. The van der Waals surface area contributed by atoms with Crippen LogP contribution in [0, 0.1) is 0 Å². The summed E-state index contributed by atoms with van der Waals surface area (Å²) >= 11 is 1.66. The van der Waals surface area contributed by atoms with Gasteiger partial charge in [0.1, 0.15) is 0 Å². The summed E-state index contributed by atoms with van der Waals surface area (Å²) in [5, 5.41) is 5.50. The summed E-state index contributed by atoms with van der Waals surface area (Å²) in [5.41, 5.74) is 2.37. The third-order valence-electron chi connectivity index (χ3n) is 3.02. The number of benzene rings is 2. The molecule has 0 bridgehead atoms. The van der Waals surface area contributed by atoms with Gasteiger partial charge < -0.3 is 10.6 Å². The topological polar surface area (TPSA) is 58.2 Å². The van der Waals surface area contributed by atoms with Gasteiger partial charge in [0.2, 0.25) is 11.8 Å². The van der Waals surface area contributed by atoms with Crippen molar-refractivity contribution in [3.8, 4) is 0 Å². The highest BCUT2D eigenvalue weighted by Gasteiger charge is 1.99. The van der Waals surface area contributed by atoms with E-state index in [4.69, 9.17) is 0 Å². The summed E-state index contributed by atoms with van der Waals surface area (Å²) in [6, 6.07) is 14.9. The van der Waals surface area contributed by atoms with E-state index in [9.17, 15) is 9.59 Å². The first-order chi connectivity index (χ1) is 11.1. The maximum Gasteiger partial charge on any atom is 0.248 e. The van der Waals surface area contributed by atoms with Gasteiger partial charge in [-0.2, -0.15) is 0 Å². The zero-order valence-electron chi connectivity index (χ0n) is 13.0. The lowest BCUT2D eigenvalue weighted by atomic mass is 10.2. The Hall–Kier alpha value is -2.53. The van der Waals surface area contributed by atoms with Gasteiger partial charge in [-0.3, -0.25) is 9.59 Å². The molecule has 2 aromatic rings. The molecule has 0 fully saturated rings. The number of thioether (sulfide) groups is 1. The monoisotopic (exact) mass is 326 g/mol. The van der Waals surface area contributed by atoms with E-state index in [2.05, 4.69) is 10.6 Å². The van der Waals surface area contributed by atoms with Gasteiger partial charge in [0.05, 0.1) is 0 Å². The molecule has 5 heteroatoms. The minimum atomic E-state index is -0.187. The molecule has 2 N–H and O–H groups in total. The Morgan fingerprint density at radius 2 is 1.48 bits per heavy atom. The lowest BCUT2D eigenvalue weighted by Crippen LogP contribution is -2.07. The summed E-state index contributed by atoms with van der Waals surface area (Å²) in [4.78, 5) is 24.0. The fourth-order valence-corrected chi connectivity index (χ4v) is 2.32. The van der Waals surface area contributed by atoms with Crippen molar-refractivity contribution in [1.82, 2.24) is 0 Å². The van der Waals surface area contributed by atoms with E-state index < -0.39 is 0 Å². The third kappa shape index (κ3) is 5.64. The summed E-state index contributed by atoms with van der Waals surface area (Å²) in [6.07, 6.45) is 5.21. The summed E-state index contributed by atoms with van der Waals surface area (Å²) in [5.74, 6) is -0.298. The maximum absolute atomic E-state index is 11.9. The van der Waals surface area contributed by atoms with Crippen molar-refractivity contribution in [2.45, 2.75) is 11.8 Å². The van der Waals surface area contributed by atoms with E-state index in [0.717, 1.165) is 21.8 Å². The molecule has 0 spiro atoms. The third-order valence-corrected chi connectivity index (χ3v) is 3.76. The number of carbonyl (C=O) groups is 2. The molecule has 118 valence electrons. The zero-order chi connectivity index (χ0) is 16.7. The number of hydrogen-bond donors (Lipinski definition) is 2. The van der Waals surface area contributed by atoms with Crippen molar-refractivity contribution < 1.29 is 9.59 Å². The minimum Gasteiger partial charge on any atom is -0.326 e. The number of carbonyl (C=O) groups excluding carboxylic acids is 2. The molecule has 2 aromatic carbocycles. The van der Waals surface area contributed by atoms with Gasteiger partial charge >= 0.3 is 0 Å². The molecule has 2 rings (SSSR count). The van der Waals surface area contributed by atoms with Gasteiger partial charge in [-0.25, -0.2) is 0 Å². The SMILES string of the molecule is CSc1ccc(NC(=O)/C=C/c2ccc(NC(C)=O)cc2)cc1. The molecular formula is C18H18N2O2S. The first kappa shape index (κ1) is 16.8. The highest BCUT2D eigenvalue weighted by molar-refractivity contribution is 7.98. The van der Waals surface area contributed by atoms with Gasteiger partial charge in [-0.05, 0) is 54.3 Å². The Bertz CT molecular complexity index is 707. The molecule has 0 aliphatic rings.